The predicted octanol–water partition coefficient (Wildman–Crippen LogP) is 5.04. The molecular formula is C19H15Cl2N3O4S2. The largest absolute Gasteiger partial charge is 0.504 e. The van der Waals surface area contributed by atoms with Gasteiger partial charge in [0.05, 0.1) is 21.6 Å². The van der Waals surface area contributed by atoms with Crippen molar-refractivity contribution in [2.75, 3.05) is 11.9 Å². The summed E-state index contributed by atoms with van der Waals surface area (Å²) in [5, 5.41) is 14.0. The number of halogens is 2. The molecule has 2 aromatic rings. The summed E-state index contributed by atoms with van der Waals surface area (Å²) in [6, 6.07) is 8.63. The number of benzene rings is 2. The van der Waals surface area contributed by atoms with E-state index in [-0.39, 0.29) is 15.1 Å². The van der Waals surface area contributed by atoms with Crippen molar-refractivity contribution in [1.82, 2.24) is 10.4 Å². The molecule has 1 fully saturated rings. The number of hydrogen-bond donors (Lipinski definition) is 3. The molecule has 1 saturated heterocycles. The molecule has 0 bridgehead atoms. The summed E-state index contributed by atoms with van der Waals surface area (Å²) < 4.78 is 5.51. The molecule has 156 valence electrons. The van der Waals surface area contributed by atoms with Crippen LogP contribution in [0.25, 0.3) is 6.08 Å². The standard InChI is InChI=1S/C19H15Cl2N3O4S2/c1-2-28-15-7-10(3-6-14(15)25)8-16-17(26)24(19(29)30-16)23-18(27)22-11-4-5-12(20)13(21)9-11/h3-9,25H,2H2,1H3,(H2,22,23,27)/b16-8+. The number of hydrogen-bond acceptors (Lipinski definition) is 6. The fourth-order valence-corrected chi connectivity index (χ4v) is 3.92. The van der Waals surface area contributed by atoms with Crippen LogP contribution in [0.2, 0.25) is 10.0 Å². The molecule has 0 saturated carbocycles. The van der Waals surface area contributed by atoms with Crippen LogP contribution >= 0.6 is 47.2 Å². The molecule has 3 amide bonds. The molecule has 0 unspecified atom stereocenters. The van der Waals surface area contributed by atoms with Crippen molar-refractivity contribution >= 4 is 75.2 Å². The maximum absolute atomic E-state index is 12.7. The zero-order valence-corrected chi connectivity index (χ0v) is 18.6. The Bertz CT molecular complexity index is 1060. The molecule has 0 aliphatic carbocycles. The summed E-state index contributed by atoms with van der Waals surface area (Å²) in [6.07, 6.45) is 1.60. The first-order chi connectivity index (χ1) is 14.3. The van der Waals surface area contributed by atoms with Crippen molar-refractivity contribution < 1.29 is 19.4 Å². The Kier molecular flexibility index (Phi) is 7.09. The Labute approximate surface area is 191 Å². The number of amides is 3. The second-order valence-electron chi connectivity index (χ2n) is 5.87. The number of thioether (sulfide) groups is 1. The minimum atomic E-state index is -0.672. The van der Waals surface area contributed by atoms with Gasteiger partial charge in [0, 0.05) is 5.69 Å². The first kappa shape index (κ1) is 22.2. The average molecular weight is 484 g/mol. The van der Waals surface area contributed by atoms with Gasteiger partial charge >= 0.3 is 6.03 Å². The van der Waals surface area contributed by atoms with Crippen LogP contribution in [0, 0.1) is 0 Å². The molecule has 2 aromatic carbocycles. The smallest absolute Gasteiger partial charge is 0.338 e. The molecule has 7 nitrogen and oxygen atoms in total. The number of anilines is 1. The molecule has 3 rings (SSSR count). The molecule has 11 heteroatoms. The lowest BCUT2D eigenvalue weighted by Gasteiger charge is -2.16. The third-order valence-electron chi connectivity index (χ3n) is 3.77. The maximum Gasteiger partial charge on any atom is 0.338 e. The normalized spacial score (nSPS) is 14.9. The summed E-state index contributed by atoms with van der Waals surface area (Å²) >= 11 is 18.0. The van der Waals surface area contributed by atoms with Gasteiger partial charge in [-0.25, -0.2) is 10.2 Å². The van der Waals surface area contributed by atoms with Crippen LogP contribution in [0.4, 0.5) is 10.5 Å². The Morgan fingerprint density at radius 1 is 1.27 bits per heavy atom. The first-order valence-electron chi connectivity index (χ1n) is 8.55. The molecule has 1 heterocycles. The fourth-order valence-electron chi connectivity index (χ4n) is 2.44. The summed E-state index contributed by atoms with van der Waals surface area (Å²) in [4.78, 5) is 25.2. The van der Waals surface area contributed by atoms with Gasteiger partial charge in [0.15, 0.2) is 15.8 Å². The van der Waals surface area contributed by atoms with E-state index in [0.717, 1.165) is 16.8 Å². The minimum Gasteiger partial charge on any atom is -0.504 e. The van der Waals surface area contributed by atoms with Crippen LogP contribution in [0.5, 0.6) is 11.5 Å². The third-order valence-corrected chi connectivity index (χ3v) is 5.81. The third kappa shape index (κ3) is 5.17. The molecule has 1 aliphatic rings. The number of urea groups is 1. The van der Waals surface area contributed by atoms with Crippen molar-refractivity contribution in [1.29, 1.82) is 0 Å². The van der Waals surface area contributed by atoms with Crippen molar-refractivity contribution in [3.8, 4) is 11.5 Å². The number of aromatic hydroxyl groups is 1. The van der Waals surface area contributed by atoms with Gasteiger partial charge in [0.1, 0.15) is 0 Å². The van der Waals surface area contributed by atoms with Gasteiger partial charge in [-0.15, -0.1) is 0 Å². The maximum atomic E-state index is 12.7. The fraction of sp³-hybridized carbons (Fsp3) is 0.105. The van der Waals surface area contributed by atoms with Gasteiger partial charge in [-0.1, -0.05) is 41.0 Å². The minimum absolute atomic E-state index is 0.00203. The number of rotatable bonds is 5. The Morgan fingerprint density at radius 3 is 2.73 bits per heavy atom. The Balaban J connectivity index is 1.71. The van der Waals surface area contributed by atoms with Crippen molar-refractivity contribution in [2.45, 2.75) is 6.92 Å². The zero-order chi connectivity index (χ0) is 21.8. The number of carbonyl (C=O) groups is 2. The summed E-state index contributed by atoms with van der Waals surface area (Å²) in [5.41, 5.74) is 3.44. The lowest BCUT2D eigenvalue weighted by atomic mass is 10.2. The van der Waals surface area contributed by atoms with E-state index in [4.69, 9.17) is 40.2 Å². The van der Waals surface area contributed by atoms with Crippen LogP contribution in [-0.2, 0) is 4.79 Å². The zero-order valence-electron chi connectivity index (χ0n) is 15.4. The summed E-state index contributed by atoms with van der Waals surface area (Å²) in [5.74, 6) is -0.177. The second kappa shape index (κ2) is 9.57. The monoisotopic (exact) mass is 483 g/mol. The highest BCUT2D eigenvalue weighted by atomic mass is 35.5. The molecule has 1 aliphatic heterocycles. The molecule has 0 spiro atoms. The highest BCUT2D eigenvalue weighted by Crippen LogP contribution is 2.34. The van der Waals surface area contributed by atoms with E-state index in [1.54, 1.807) is 31.2 Å². The van der Waals surface area contributed by atoms with Gasteiger partial charge in [0.25, 0.3) is 5.91 Å². The number of phenolic OH excluding ortho intramolecular Hbond substituents is 1. The predicted molar refractivity (Wildman–Crippen MR) is 123 cm³/mol. The van der Waals surface area contributed by atoms with E-state index in [2.05, 4.69) is 10.7 Å². The summed E-state index contributed by atoms with van der Waals surface area (Å²) in [6.45, 7) is 2.18. The van der Waals surface area contributed by atoms with Gasteiger partial charge in [0.2, 0.25) is 0 Å². The van der Waals surface area contributed by atoms with E-state index in [1.165, 1.54) is 18.2 Å². The van der Waals surface area contributed by atoms with E-state index < -0.39 is 11.9 Å². The molecule has 0 aromatic heterocycles. The van der Waals surface area contributed by atoms with Crippen LogP contribution in [0.3, 0.4) is 0 Å². The van der Waals surface area contributed by atoms with Gasteiger partial charge in [-0.3, -0.25) is 4.79 Å². The number of ether oxygens (including phenoxy) is 1. The molecule has 30 heavy (non-hydrogen) atoms. The molecule has 0 atom stereocenters. The number of phenols is 1. The van der Waals surface area contributed by atoms with Crippen molar-refractivity contribution in [3.05, 3.63) is 56.9 Å². The van der Waals surface area contributed by atoms with Crippen molar-refractivity contribution in [3.63, 3.8) is 0 Å². The highest BCUT2D eigenvalue weighted by Gasteiger charge is 2.33. The average Bonchev–Trinajstić information content (AvgIpc) is 2.95. The molecule has 0 radical (unpaired) electrons. The quantitative estimate of drug-likeness (QED) is 0.407. The Hall–Kier alpha value is -2.46. The van der Waals surface area contributed by atoms with E-state index in [1.807, 2.05) is 0 Å². The highest BCUT2D eigenvalue weighted by molar-refractivity contribution is 8.26. The number of nitrogens with zero attached hydrogens (tertiary/aromatic N) is 1. The van der Waals surface area contributed by atoms with E-state index in [9.17, 15) is 14.7 Å². The Morgan fingerprint density at radius 2 is 2.03 bits per heavy atom. The SMILES string of the molecule is CCOc1cc(/C=C2/SC(=S)N(NC(=O)Nc3ccc(Cl)c(Cl)c3)C2=O)ccc1O. The van der Waals surface area contributed by atoms with Crippen molar-refractivity contribution in [2.24, 2.45) is 0 Å². The van der Waals surface area contributed by atoms with Gasteiger partial charge < -0.3 is 15.2 Å². The number of nitrogens with one attached hydrogen (secondary N) is 2. The molecule has 3 N–H and O–H groups in total. The van der Waals surface area contributed by atoms with Gasteiger partial charge in [-0.2, -0.15) is 5.01 Å². The number of hydrazine groups is 1. The first-order valence-corrected chi connectivity index (χ1v) is 10.5. The van der Waals surface area contributed by atoms with Crippen LogP contribution < -0.4 is 15.5 Å². The van der Waals surface area contributed by atoms with Crippen LogP contribution in [0.1, 0.15) is 12.5 Å². The lowest BCUT2D eigenvalue weighted by Crippen LogP contribution is -2.46. The lowest BCUT2D eigenvalue weighted by molar-refractivity contribution is -0.123. The topological polar surface area (TPSA) is 90.9 Å². The second-order valence-corrected chi connectivity index (χ2v) is 8.36. The summed E-state index contributed by atoms with van der Waals surface area (Å²) in [7, 11) is 0. The van der Waals surface area contributed by atoms with Gasteiger partial charge in [-0.05, 0) is 61.1 Å². The van der Waals surface area contributed by atoms with Crippen LogP contribution in [-0.4, -0.2) is 33.0 Å². The van der Waals surface area contributed by atoms with E-state index >= 15 is 0 Å². The number of thiocarbonyl (C=S) groups is 1. The number of carbonyl (C=O) groups excluding carboxylic acids is 2. The van der Waals surface area contributed by atoms with E-state index in [0.29, 0.717) is 33.5 Å². The van der Waals surface area contributed by atoms with Crippen LogP contribution in [0.15, 0.2) is 41.3 Å². The molecular weight excluding hydrogens is 469 g/mol.